The van der Waals surface area contributed by atoms with E-state index in [1.807, 2.05) is 27.7 Å². The number of hydrogen-bond donors (Lipinski definition) is 20. The minimum Gasteiger partial charge on any atom is -0.481 e. The second-order valence-electron chi connectivity index (χ2n) is 25.6. The largest absolute Gasteiger partial charge is 0.481 e. The molecule has 0 heterocycles. The fourth-order valence-electron chi connectivity index (χ4n) is 9.28. The molecule has 0 saturated heterocycles. The Hall–Kier alpha value is -8.46. The third kappa shape index (κ3) is 36.9. The number of carboxylic acids is 4. The predicted octanol–water partition coefficient (Wildman–Crippen LogP) is -2.49. The highest BCUT2D eigenvalue weighted by molar-refractivity contribution is 8.76. The van der Waals surface area contributed by atoms with Crippen molar-refractivity contribution in [2.24, 2.45) is 46.6 Å². The van der Waals surface area contributed by atoms with Gasteiger partial charge in [-0.15, -0.1) is 0 Å². The molecule has 0 aromatic rings. The average molecular weight is 1490 g/mol. The molecule has 0 aliphatic carbocycles. The van der Waals surface area contributed by atoms with E-state index in [1.165, 1.54) is 13.8 Å². The van der Waals surface area contributed by atoms with Gasteiger partial charge >= 0.3 is 23.9 Å². The molecule has 0 rings (SSSR count). The van der Waals surface area contributed by atoms with Crippen LogP contribution in [0.3, 0.4) is 0 Å². The third-order valence-corrected chi connectivity index (χ3v) is 18.2. The first-order chi connectivity index (χ1) is 47.7. The van der Waals surface area contributed by atoms with Gasteiger partial charge in [-0.05, 0) is 115 Å². The Bertz CT molecular complexity index is 2720. The number of nitrogens with one attached hydrogen (secondary N) is 12. The number of carbonyl (C=O) groups is 16. The van der Waals surface area contributed by atoms with Crippen LogP contribution in [0.15, 0.2) is 24.6 Å². The van der Waals surface area contributed by atoms with Gasteiger partial charge in [0, 0.05) is 24.3 Å². The lowest BCUT2D eigenvalue weighted by Gasteiger charge is -2.28. The zero-order chi connectivity index (χ0) is 78.3. The number of amides is 12. The minimum atomic E-state index is -1.81. The number of hydrogen-bond acceptors (Lipinski definition) is 22. The monoisotopic (exact) mass is 1490 g/mol. The molecule has 0 aromatic heterocycles. The van der Waals surface area contributed by atoms with Gasteiger partial charge in [-0.3, -0.25) is 67.1 Å². The van der Waals surface area contributed by atoms with E-state index >= 15 is 0 Å². The Morgan fingerprint density at radius 3 is 0.922 bits per heavy atom. The lowest BCUT2D eigenvalue weighted by Crippen LogP contribution is -2.60. The lowest BCUT2D eigenvalue weighted by atomic mass is 9.98. The Balaban J connectivity index is 7.90. The molecule has 0 radical (unpaired) electrons. The molecule has 24 N–H and O–H groups in total. The predicted molar refractivity (Wildman–Crippen MR) is 379 cm³/mol. The molecule has 0 fully saturated rings. The first-order valence-corrected chi connectivity index (χ1v) is 36.2. The molecule has 102 heavy (non-hydrogen) atoms. The van der Waals surface area contributed by atoms with E-state index in [2.05, 4.69) is 77.0 Å². The summed E-state index contributed by atoms with van der Waals surface area (Å²) in [6.45, 7) is 23.4. The number of aliphatic carboxylic acids is 4. The SMILES string of the molecule is C=C(NC(=O)[C@@H](N)CC(C)C)C(=O)N[C@@H](C)C(=O)N[C@@H](CCC(=O)O)C(=O)N[C@@H](CSSC[C@H](NC(=O)[C@H](CCC(=O)O)NC(=O)[C@H](C)NC(=O)C(=C)NC(=O)[C@@H](N)CC(C)C)C(=O)N[C@@H](CCCCN)C(=O)N[C@H](C(=O)O)[C@@H](C)CC)C(=O)N[C@@H](CCCCN)C(=O)N[C@H](C(=O)O)[C@@H](C)CC. The van der Waals surface area contributed by atoms with E-state index in [1.54, 1.807) is 27.7 Å². The molecule has 0 spiro atoms. The number of unbranched alkanes of at least 4 members (excludes halogenated alkanes) is 2. The summed E-state index contributed by atoms with van der Waals surface area (Å²) in [5.41, 5.74) is 22.3. The van der Waals surface area contributed by atoms with E-state index in [9.17, 15) is 97.1 Å². The molecule has 0 aromatic carbocycles. The standard InChI is InChI=1S/C64H110N16O20S2/c1-13-33(7)49(63(97)98)79-59(93)41(19-15-17-25-65)75-61(95)45(77-57(91)43(21-23-47(81)82)73-53(87)37(11)69-51(85)35(9)71-55(89)39(67)27-31(3)4)29-101-102-30-46(62(96)76-42(20-16-18-26-66)60(94)80-50(64(99)100)34(8)14-2)78-58(92)44(22-24-48(83)84)74-54(88)38(12)70-52(86)36(10)72-56(90)40(68)28-32(5)6/h31-34,37-46,49-50H,9-10,13-30,65-68H2,1-8,11-12H3,(H,69,85)(H,70,86)(H,71,89)(H,72,90)(H,73,87)(H,74,88)(H,75,95)(H,76,96)(H,77,91)(H,78,92)(H,79,93)(H,80,94)(H,81,82)(H,83,84)(H,97,98)(H,99,100)/t33-,34-,37-,38-,39-,40-,41-,42-,43-,44-,45-,46-,49-,50-/m0/s1. The maximum Gasteiger partial charge on any atom is 0.326 e. The average Bonchev–Trinajstić information content (AvgIpc) is 0.854. The molecular formula is C64H110N16O20S2. The van der Waals surface area contributed by atoms with Crippen molar-refractivity contribution in [2.45, 2.75) is 232 Å². The van der Waals surface area contributed by atoms with E-state index < -0.39 is 228 Å². The highest BCUT2D eigenvalue weighted by Gasteiger charge is 2.37. The summed E-state index contributed by atoms with van der Waals surface area (Å²) in [6, 6.07) is -18.2. The van der Waals surface area contributed by atoms with Crippen molar-refractivity contribution in [3.63, 3.8) is 0 Å². The smallest absolute Gasteiger partial charge is 0.326 e. The van der Waals surface area contributed by atoms with E-state index in [-0.39, 0.29) is 63.5 Å². The third-order valence-electron chi connectivity index (χ3n) is 15.8. The van der Waals surface area contributed by atoms with Gasteiger partial charge in [0.25, 0.3) is 11.8 Å². The van der Waals surface area contributed by atoms with Crippen LogP contribution >= 0.6 is 21.6 Å². The van der Waals surface area contributed by atoms with E-state index in [4.69, 9.17) is 22.9 Å². The summed E-state index contributed by atoms with van der Waals surface area (Å²) < 4.78 is 0. The molecule has 0 aliphatic rings. The van der Waals surface area contributed by atoms with Gasteiger partial charge in [-0.2, -0.15) is 0 Å². The van der Waals surface area contributed by atoms with Gasteiger partial charge in [0.2, 0.25) is 59.1 Å². The second-order valence-corrected chi connectivity index (χ2v) is 28.1. The van der Waals surface area contributed by atoms with Gasteiger partial charge < -0.3 is 107 Å². The molecule has 14 atom stereocenters. The van der Waals surface area contributed by atoms with E-state index in [0.29, 0.717) is 47.3 Å². The van der Waals surface area contributed by atoms with E-state index in [0.717, 1.165) is 0 Å². The second kappa shape index (κ2) is 49.2. The summed E-state index contributed by atoms with van der Waals surface area (Å²) in [5.74, 6) is -20.3. The molecule has 36 nitrogen and oxygen atoms in total. The summed E-state index contributed by atoms with van der Waals surface area (Å²) in [5, 5.41) is 68.2. The topological polar surface area (TPSA) is 602 Å². The molecule has 0 aliphatic heterocycles. The molecule has 0 unspecified atom stereocenters. The van der Waals surface area contributed by atoms with Gasteiger partial charge in [0.1, 0.15) is 60.4 Å². The van der Waals surface area contributed by atoms with Crippen LogP contribution < -0.4 is 86.7 Å². The summed E-state index contributed by atoms with van der Waals surface area (Å²) in [7, 11) is 1.43. The van der Waals surface area contributed by atoms with Crippen LogP contribution in [0, 0.1) is 23.7 Å². The van der Waals surface area contributed by atoms with Crippen LogP contribution in [0.4, 0.5) is 0 Å². The van der Waals surface area contributed by atoms with Crippen molar-refractivity contribution in [1.82, 2.24) is 63.8 Å². The van der Waals surface area contributed by atoms with Crippen molar-refractivity contribution in [3.05, 3.63) is 24.6 Å². The molecule has 0 bridgehead atoms. The van der Waals surface area contributed by atoms with Crippen LogP contribution in [0.2, 0.25) is 0 Å². The normalized spacial score (nSPS) is 15.3. The van der Waals surface area contributed by atoms with Gasteiger partial charge in [0.05, 0.1) is 23.5 Å². The molecule has 12 amide bonds. The number of nitrogens with two attached hydrogens (primary N) is 4. The van der Waals surface area contributed by atoms with Crippen LogP contribution in [0.25, 0.3) is 0 Å². The maximum atomic E-state index is 14.7. The van der Waals surface area contributed by atoms with Crippen molar-refractivity contribution >= 4 is 116 Å². The quantitative estimate of drug-likeness (QED) is 0.0170. The van der Waals surface area contributed by atoms with Crippen molar-refractivity contribution < 1.29 is 97.1 Å². The number of carbonyl (C=O) groups excluding carboxylic acids is 12. The fraction of sp³-hybridized carbons (Fsp3) is 0.688. The first-order valence-electron chi connectivity index (χ1n) is 33.8. The van der Waals surface area contributed by atoms with Gasteiger partial charge in [-0.1, -0.05) is 103 Å². The van der Waals surface area contributed by atoms with Crippen LogP contribution in [0.1, 0.15) is 159 Å². The first kappa shape index (κ1) is 93.5. The summed E-state index contributed by atoms with van der Waals surface area (Å²) >= 11 is 0. The molecule has 0 saturated carbocycles. The van der Waals surface area contributed by atoms with Crippen LogP contribution in [-0.2, 0) is 76.7 Å². The molecule has 38 heteroatoms. The Morgan fingerprint density at radius 2 is 0.647 bits per heavy atom. The molecular weight excluding hydrogens is 1380 g/mol. The Labute approximate surface area is 602 Å². The summed E-state index contributed by atoms with van der Waals surface area (Å²) in [6.07, 6.45) is -0.929. The van der Waals surface area contributed by atoms with Crippen molar-refractivity contribution in [1.29, 1.82) is 0 Å². The van der Waals surface area contributed by atoms with Crippen molar-refractivity contribution in [2.75, 3.05) is 24.6 Å². The van der Waals surface area contributed by atoms with Gasteiger partial charge in [0.15, 0.2) is 0 Å². The maximum absolute atomic E-state index is 14.7. The Morgan fingerprint density at radius 1 is 0.373 bits per heavy atom. The highest BCUT2D eigenvalue weighted by atomic mass is 33.1. The lowest BCUT2D eigenvalue weighted by molar-refractivity contribution is -0.144. The zero-order valence-electron chi connectivity index (χ0n) is 59.8. The zero-order valence-corrected chi connectivity index (χ0v) is 61.5. The minimum absolute atomic E-state index is 0.00741. The molecule has 578 valence electrons. The fourth-order valence-corrected chi connectivity index (χ4v) is 11.6. The van der Waals surface area contributed by atoms with Crippen LogP contribution in [-0.4, -0.2) is 212 Å². The highest BCUT2D eigenvalue weighted by Crippen LogP contribution is 2.24. The van der Waals surface area contributed by atoms with Gasteiger partial charge in [-0.25, -0.2) is 9.59 Å². The van der Waals surface area contributed by atoms with Crippen LogP contribution in [0.5, 0.6) is 0 Å². The number of carboxylic acid groups (broad SMARTS) is 4. The van der Waals surface area contributed by atoms with Crippen molar-refractivity contribution in [3.8, 4) is 0 Å². The summed E-state index contributed by atoms with van der Waals surface area (Å²) in [4.78, 5) is 214. The number of rotatable bonds is 53. The Kier molecular flexibility index (Phi) is 45.1.